The van der Waals surface area contributed by atoms with E-state index in [-0.39, 0.29) is 5.78 Å². The summed E-state index contributed by atoms with van der Waals surface area (Å²) < 4.78 is 0.835. The summed E-state index contributed by atoms with van der Waals surface area (Å²) in [5, 5.41) is 0. The lowest BCUT2D eigenvalue weighted by Gasteiger charge is -2.00. The first-order valence-corrected chi connectivity index (χ1v) is 4.86. The predicted octanol–water partition coefficient (Wildman–Crippen LogP) is 3.44. The number of carbonyl (C=O) groups is 1. The number of Topliss-reactive ketones (excluding diaryl/α,β-unsaturated/α-hetero) is 1. The molecule has 0 amide bonds. The molecule has 64 valence electrons. The van der Waals surface area contributed by atoms with Crippen LogP contribution in [0.15, 0.2) is 28.7 Å². The SMILES string of the molecule is O=C(c1cccc(Br)c1)C(Cl)Cl. The summed E-state index contributed by atoms with van der Waals surface area (Å²) in [6.45, 7) is 0. The summed E-state index contributed by atoms with van der Waals surface area (Å²) in [7, 11) is 0. The topological polar surface area (TPSA) is 17.1 Å². The molecule has 0 saturated heterocycles. The second-order valence-electron chi connectivity index (χ2n) is 2.18. The van der Waals surface area contributed by atoms with Crippen molar-refractivity contribution in [3.63, 3.8) is 0 Å². The highest BCUT2D eigenvalue weighted by atomic mass is 79.9. The molecule has 0 fully saturated rings. The van der Waals surface area contributed by atoms with Crippen LogP contribution >= 0.6 is 39.1 Å². The van der Waals surface area contributed by atoms with E-state index in [1.807, 2.05) is 6.07 Å². The van der Waals surface area contributed by atoms with Crippen LogP contribution in [-0.4, -0.2) is 10.6 Å². The van der Waals surface area contributed by atoms with Gasteiger partial charge in [0.25, 0.3) is 0 Å². The van der Waals surface area contributed by atoms with Crippen molar-refractivity contribution >= 4 is 44.9 Å². The van der Waals surface area contributed by atoms with Crippen LogP contribution in [0, 0.1) is 0 Å². The molecule has 0 N–H and O–H groups in total. The first-order chi connectivity index (χ1) is 5.61. The van der Waals surface area contributed by atoms with Crippen LogP contribution in [0.25, 0.3) is 0 Å². The van der Waals surface area contributed by atoms with Gasteiger partial charge < -0.3 is 0 Å². The van der Waals surface area contributed by atoms with E-state index < -0.39 is 4.84 Å². The lowest BCUT2D eigenvalue weighted by molar-refractivity contribution is 0.101. The largest absolute Gasteiger partial charge is 0.291 e. The molecule has 0 saturated carbocycles. The van der Waals surface area contributed by atoms with Crippen LogP contribution in [0.4, 0.5) is 0 Å². The molecule has 0 atom stereocenters. The van der Waals surface area contributed by atoms with Crippen molar-refractivity contribution in [1.82, 2.24) is 0 Å². The third kappa shape index (κ3) is 2.47. The third-order valence-electron chi connectivity index (χ3n) is 1.31. The fraction of sp³-hybridized carbons (Fsp3) is 0.125. The minimum atomic E-state index is -0.987. The van der Waals surface area contributed by atoms with Gasteiger partial charge in [-0.25, -0.2) is 0 Å². The van der Waals surface area contributed by atoms with Crippen molar-refractivity contribution in [2.45, 2.75) is 4.84 Å². The average molecular weight is 268 g/mol. The molecule has 0 bridgehead atoms. The highest BCUT2D eigenvalue weighted by molar-refractivity contribution is 9.10. The normalized spacial score (nSPS) is 10.3. The molecule has 0 aliphatic rings. The van der Waals surface area contributed by atoms with Crippen LogP contribution in [-0.2, 0) is 0 Å². The van der Waals surface area contributed by atoms with E-state index in [1.165, 1.54) is 0 Å². The van der Waals surface area contributed by atoms with Crippen LogP contribution < -0.4 is 0 Å². The van der Waals surface area contributed by atoms with Crippen molar-refractivity contribution in [2.75, 3.05) is 0 Å². The first kappa shape index (κ1) is 10.0. The van der Waals surface area contributed by atoms with E-state index in [1.54, 1.807) is 18.2 Å². The van der Waals surface area contributed by atoms with Gasteiger partial charge in [-0.3, -0.25) is 4.79 Å². The first-order valence-electron chi connectivity index (χ1n) is 3.19. The number of hydrogen-bond acceptors (Lipinski definition) is 1. The highest BCUT2D eigenvalue weighted by Crippen LogP contribution is 2.16. The maximum atomic E-state index is 11.2. The number of carbonyl (C=O) groups excluding carboxylic acids is 1. The molecule has 4 heteroatoms. The summed E-state index contributed by atoms with van der Waals surface area (Å²) in [6, 6.07) is 6.94. The molecule has 12 heavy (non-hydrogen) atoms. The number of ketones is 1. The van der Waals surface area contributed by atoms with Crippen LogP contribution in [0.3, 0.4) is 0 Å². The van der Waals surface area contributed by atoms with Gasteiger partial charge in [0.1, 0.15) is 0 Å². The van der Waals surface area contributed by atoms with E-state index in [2.05, 4.69) is 15.9 Å². The number of rotatable bonds is 2. The lowest BCUT2D eigenvalue weighted by atomic mass is 10.1. The monoisotopic (exact) mass is 266 g/mol. The number of halogens is 3. The Morgan fingerprint density at radius 2 is 2.08 bits per heavy atom. The predicted molar refractivity (Wildman–Crippen MR) is 54.0 cm³/mol. The van der Waals surface area contributed by atoms with Gasteiger partial charge in [-0.2, -0.15) is 0 Å². The maximum Gasteiger partial charge on any atom is 0.195 e. The van der Waals surface area contributed by atoms with Crippen molar-refractivity contribution in [2.24, 2.45) is 0 Å². The highest BCUT2D eigenvalue weighted by Gasteiger charge is 2.13. The fourth-order valence-electron chi connectivity index (χ4n) is 0.768. The Balaban J connectivity index is 2.96. The van der Waals surface area contributed by atoms with E-state index in [4.69, 9.17) is 23.2 Å². The average Bonchev–Trinajstić information content (AvgIpc) is 2.03. The fourth-order valence-corrected chi connectivity index (χ4v) is 1.42. The summed E-state index contributed by atoms with van der Waals surface area (Å²) >= 11 is 14.1. The zero-order valence-electron chi connectivity index (χ0n) is 5.93. The third-order valence-corrected chi connectivity index (χ3v) is 2.20. The second-order valence-corrected chi connectivity index (χ2v) is 4.19. The molecular weight excluding hydrogens is 263 g/mol. The smallest absolute Gasteiger partial charge is 0.195 e. The molecule has 0 heterocycles. The second kappa shape index (κ2) is 4.26. The van der Waals surface area contributed by atoms with Crippen molar-refractivity contribution < 1.29 is 4.79 Å². The Hall–Kier alpha value is -0.0500. The summed E-state index contributed by atoms with van der Waals surface area (Å²) in [6.07, 6.45) is 0. The molecule has 0 aromatic heterocycles. The zero-order valence-corrected chi connectivity index (χ0v) is 9.03. The van der Waals surface area contributed by atoms with Gasteiger partial charge in [0.05, 0.1) is 0 Å². The molecule has 0 aliphatic heterocycles. The van der Waals surface area contributed by atoms with Crippen molar-refractivity contribution in [3.05, 3.63) is 34.3 Å². The van der Waals surface area contributed by atoms with Gasteiger partial charge in [-0.05, 0) is 12.1 Å². The maximum absolute atomic E-state index is 11.2. The summed E-state index contributed by atoms with van der Waals surface area (Å²) in [5.74, 6) is -0.278. The molecule has 0 aliphatic carbocycles. The van der Waals surface area contributed by atoms with Crippen molar-refractivity contribution in [3.8, 4) is 0 Å². The molecule has 0 spiro atoms. The molecule has 0 unspecified atom stereocenters. The number of alkyl halides is 2. The molecule has 1 rings (SSSR count). The van der Waals surface area contributed by atoms with E-state index in [0.29, 0.717) is 5.56 Å². The van der Waals surface area contributed by atoms with Gasteiger partial charge >= 0.3 is 0 Å². The van der Waals surface area contributed by atoms with Crippen LogP contribution in [0.1, 0.15) is 10.4 Å². The Morgan fingerprint density at radius 3 is 2.58 bits per heavy atom. The summed E-state index contributed by atoms with van der Waals surface area (Å²) in [5.41, 5.74) is 0.513. The van der Waals surface area contributed by atoms with Gasteiger partial charge in [-0.15, -0.1) is 0 Å². The molecule has 1 nitrogen and oxygen atoms in total. The Bertz CT molecular complexity index is 299. The van der Waals surface area contributed by atoms with Crippen molar-refractivity contribution in [1.29, 1.82) is 0 Å². The van der Waals surface area contributed by atoms with E-state index >= 15 is 0 Å². The molecule has 1 aromatic rings. The van der Waals surface area contributed by atoms with Gasteiger partial charge in [-0.1, -0.05) is 51.3 Å². The van der Waals surface area contributed by atoms with E-state index in [0.717, 1.165) is 4.47 Å². The Labute approximate surface area is 88.8 Å². The van der Waals surface area contributed by atoms with Crippen LogP contribution in [0.5, 0.6) is 0 Å². The minimum absolute atomic E-state index is 0.278. The Morgan fingerprint density at radius 1 is 1.42 bits per heavy atom. The Kier molecular flexibility index (Phi) is 3.56. The lowest BCUT2D eigenvalue weighted by Crippen LogP contribution is -2.07. The number of benzene rings is 1. The standard InChI is InChI=1S/C8H5BrCl2O/c9-6-3-1-2-5(4-6)7(12)8(10)11/h1-4,8H. The van der Waals surface area contributed by atoms with Gasteiger partial charge in [0.15, 0.2) is 10.6 Å². The molecule has 0 radical (unpaired) electrons. The summed E-state index contributed by atoms with van der Waals surface area (Å²) in [4.78, 5) is 10.2. The molecule has 1 aromatic carbocycles. The van der Waals surface area contributed by atoms with Gasteiger partial charge in [0.2, 0.25) is 0 Å². The van der Waals surface area contributed by atoms with Crippen LogP contribution in [0.2, 0.25) is 0 Å². The number of hydrogen-bond donors (Lipinski definition) is 0. The molecular formula is C8H5BrCl2O. The minimum Gasteiger partial charge on any atom is -0.291 e. The van der Waals surface area contributed by atoms with Gasteiger partial charge in [0, 0.05) is 10.0 Å². The quantitative estimate of drug-likeness (QED) is 0.593. The van der Waals surface area contributed by atoms with E-state index in [9.17, 15) is 4.79 Å². The zero-order chi connectivity index (χ0) is 9.14.